The van der Waals surface area contributed by atoms with Crippen molar-refractivity contribution in [3.05, 3.63) is 72.2 Å². The molecule has 0 radical (unpaired) electrons. The first-order valence-corrected chi connectivity index (χ1v) is 14.0. The lowest BCUT2D eigenvalue weighted by Crippen LogP contribution is -1.81. The van der Waals surface area contributed by atoms with E-state index in [1.54, 1.807) is 0 Å². The molecule has 4 aromatic carbocycles. The van der Waals surface area contributed by atoms with Crippen molar-refractivity contribution in [3.8, 4) is 0 Å². The summed E-state index contributed by atoms with van der Waals surface area (Å²) in [5.74, 6) is 2.22. The van der Waals surface area contributed by atoms with Gasteiger partial charge in [-0.15, -0.1) is 0 Å². The Hall–Kier alpha value is -3.26. The zero-order valence-electron chi connectivity index (χ0n) is 21.7. The maximum atomic E-state index is 6.22. The average Bonchev–Trinajstić information content (AvgIpc) is 3.48. The lowest BCUT2D eigenvalue weighted by Gasteiger charge is -2.08. The van der Waals surface area contributed by atoms with Gasteiger partial charge in [0.15, 0.2) is 0 Å². The van der Waals surface area contributed by atoms with E-state index in [1.807, 2.05) is 0 Å². The number of aryl methyl sites for hydroxylation is 2. The second-order valence-corrected chi connectivity index (χ2v) is 10.5. The van der Waals surface area contributed by atoms with E-state index in [2.05, 4.69) is 74.5 Å². The van der Waals surface area contributed by atoms with Gasteiger partial charge in [-0.3, -0.25) is 0 Å². The number of fused-ring (bicyclic) bond motifs is 7. The standard InChI is InChI=1S/C34H36O2/c1-3-5-7-9-11-27-17-25-19-31-23(21-33(25)35-27)13-15-30-29(31)16-14-24-22-34-26(20-32(24)30)18-28(36-34)12-10-8-6-4-2/h13-22H,3-12H2,1-2H3. The van der Waals surface area contributed by atoms with Crippen LogP contribution in [0.15, 0.2) is 69.5 Å². The molecular weight excluding hydrogens is 440 g/mol. The third kappa shape index (κ3) is 4.39. The molecule has 0 spiro atoms. The Kier molecular flexibility index (Phi) is 6.44. The molecule has 184 valence electrons. The molecule has 36 heavy (non-hydrogen) atoms. The maximum Gasteiger partial charge on any atom is 0.134 e. The SMILES string of the molecule is CCCCCCc1cc2cc3c(ccc4c5cc6cc(CCCCCC)oc6cc5ccc34)cc2o1. The van der Waals surface area contributed by atoms with E-state index >= 15 is 0 Å². The van der Waals surface area contributed by atoms with Gasteiger partial charge in [0.05, 0.1) is 0 Å². The topological polar surface area (TPSA) is 26.3 Å². The van der Waals surface area contributed by atoms with Crippen molar-refractivity contribution in [1.29, 1.82) is 0 Å². The Morgan fingerprint density at radius 3 is 1.36 bits per heavy atom. The Balaban J connectivity index is 1.38. The van der Waals surface area contributed by atoms with Gasteiger partial charge >= 0.3 is 0 Å². The normalized spacial score (nSPS) is 12.2. The molecule has 0 saturated carbocycles. The second kappa shape index (κ2) is 10.0. The van der Waals surface area contributed by atoms with Gasteiger partial charge in [0.2, 0.25) is 0 Å². The molecule has 2 aromatic heterocycles. The minimum Gasteiger partial charge on any atom is -0.461 e. The van der Waals surface area contributed by atoms with Crippen LogP contribution in [0, 0.1) is 0 Å². The predicted octanol–water partition coefficient (Wildman–Crippen LogP) is 10.9. The third-order valence-corrected chi connectivity index (χ3v) is 7.76. The summed E-state index contributed by atoms with van der Waals surface area (Å²) in [5.41, 5.74) is 2.00. The van der Waals surface area contributed by atoms with Gasteiger partial charge in [-0.2, -0.15) is 0 Å². The van der Waals surface area contributed by atoms with Crippen LogP contribution in [0.25, 0.3) is 54.3 Å². The van der Waals surface area contributed by atoms with Gasteiger partial charge in [0, 0.05) is 23.6 Å². The first-order valence-electron chi connectivity index (χ1n) is 14.0. The fourth-order valence-corrected chi connectivity index (χ4v) is 5.75. The van der Waals surface area contributed by atoms with E-state index in [1.165, 1.54) is 94.5 Å². The van der Waals surface area contributed by atoms with Crippen molar-refractivity contribution in [1.82, 2.24) is 0 Å². The summed E-state index contributed by atoms with van der Waals surface area (Å²) in [6, 6.07) is 22.6. The summed E-state index contributed by atoms with van der Waals surface area (Å²) in [5, 5.41) is 10.1. The molecule has 0 N–H and O–H groups in total. The summed E-state index contributed by atoms with van der Waals surface area (Å²) in [6.07, 6.45) is 12.1. The molecule has 0 aliphatic heterocycles. The highest BCUT2D eigenvalue weighted by atomic mass is 16.3. The first kappa shape index (κ1) is 23.2. The van der Waals surface area contributed by atoms with Crippen molar-refractivity contribution < 1.29 is 8.83 Å². The van der Waals surface area contributed by atoms with Crippen molar-refractivity contribution in [3.63, 3.8) is 0 Å². The fourth-order valence-electron chi connectivity index (χ4n) is 5.75. The largest absolute Gasteiger partial charge is 0.461 e. The van der Waals surface area contributed by atoms with Gasteiger partial charge in [0.25, 0.3) is 0 Å². The molecule has 0 fully saturated rings. The zero-order chi connectivity index (χ0) is 24.5. The molecular formula is C34H36O2. The molecule has 2 heterocycles. The molecule has 6 rings (SSSR count). The van der Waals surface area contributed by atoms with Crippen LogP contribution in [0.1, 0.15) is 76.7 Å². The number of furan rings is 2. The third-order valence-electron chi connectivity index (χ3n) is 7.76. The zero-order valence-corrected chi connectivity index (χ0v) is 21.7. The van der Waals surface area contributed by atoms with Gasteiger partial charge < -0.3 is 8.83 Å². The number of unbranched alkanes of at least 4 members (excludes halogenated alkanes) is 6. The van der Waals surface area contributed by atoms with Crippen LogP contribution in [-0.4, -0.2) is 0 Å². The molecule has 0 saturated heterocycles. The smallest absolute Gasteiger partial charge is 0.134 e. The van der Waals surface area contributed by atoms with Crippen LogP contribution in [0.2, 0.25) is 0 Å². The molecule has 0 unspecified atom stereocenters. The van der Waals surface area contributed by atoms with Crippen LogP contribution >= 0.6 is 0 Å². The van der Waals surface area contributed by atoms with E-state index in [9.17, 15) is 0 Å². The Bertz CT molecular complexity index is 1540. The van der Waals surface area contributed by atoms with Crippen LogP contribution in [0.4, 0.5) is 0 Å². The number of hydrogen-bond acceptors (Lipinski definition) is 2. The first-order chi connectivity index (χ1) is 17.7. The van der Waals surface area contributed by atoms with Crippen LogP contribution in [-0.2, 0) is 12.8 Å². The fraction of sp³-hybridized carbons (Fsp3) is 0.353. The van der Waals surface area contributed by atoms with E-state index in [-0.39, 0.29) is 0 Å². The van der Waals surface area contributed by atoms with Crippen LogP contribution < -0.4 is 0 Å². The molecule has 0 aliphatic carbocycles. The van der Waals surface area contributed by atoms with Gasteiger partial charge in [-0.25, -0.2) is 0 Å². The Morgan fingerprint density at radius 2 is 0.917 bits per heavy atom. The maximum absolute atomic E-state index is 6.22. The number of rotatable bonds is 10. The lowest BCUT2D eigenvalue weighted by molar-refractivity contribution is 0.527. The Labute approximate surface area is 213 Å². The summed E-state index contributed by atoms with van der Waals surface area (Å²) >= 11 is 0. The van der Waals surface area contributed by atoms with Crippen molar-refractivity contribution in [2.24, 2.45) is 0 Å². The average molecular weight is 477 g/mol. The van der Waals surface area contributed by atoms with Gasteiger partial charge in [-0.05, 0) is 81.6 Å². The highest BCUT2D eigenvalue weighted by Crippen LogP contribution is 2.36. The molecule has 0 aliphatic rings. The van der Waals surface area contributed by atoms with Crippen LogP contribution in [0.3, 0.4) is 0 Å². The van der Waals surface area contributed by atoms with Crippen molar-refractivity contribution in [2.75, 3.05) is 0 Å². The highest BCUT2D eigenvalue weighted by molar-refractivity contribution is 6.20. The Morgan fingerprint density at radius 1 is 0.444 bits per heavy atom. The van der Waals surface area contributed by atoms with Crippen molar-refractivity contribution >= 4 is 54.3 Å². The quantitative estimate of drug-likeness (QED) is 0.145. The number of benzene rings is 4. The lowest BCUT2D eigenvalue weighted by atomic mass is 9.95. The molecule has 6 aromatic rings. The summed E-state index contributed by atoms with van der Waals surface area (Å²) in [6.45, 7) is 4.51. The van der Waals surface area contributed by atoms with Crippen LogP contribution in [0.5, 0.6) is 0 Å². The number of hydrogen-bond donors (Lipinski definition) is 0. The highest BCUT2D eigenvalue weighted by Gasteiger charge is 2.12. The van der Waals surface area contributed by atoms with E-state index in [0.29, 0.717) is 0 Å². The molecule has 0 atom stereocenters. The summed E-state index contributed by atoms with van der Waals surface area (Å²) in [7, 11) is 0. The van der Waals surface area contributed by atoms with Crippen molar-refractivity contribution in [2.45, 2.75) is 78.1 Å². The van der Waals surface area contributed by atoms with E-state index < -0.39 is 0 Å². The minimum absolute atomic E-state index is 1.000. The molecule has 2 nitrogen and oxygen atoms in total. The second-order valence-electron chi connectivity index (χ2n) is 10.5. The minimum atomic E-state index is 1.000. The summed E-state index contributed by atoms with van der Waals surface area (Å²) in [4.78, 5) is 0. The van der Waals surface area contributed by atoms with Gasteiger partial charge in [-0.1, -0.05) is 76.6 Å². The molecule has 0 bridgehead atoms. The molecule has 0 amide bonds. The van der Waals surface area contributed by atoms with Gasteiger partial charge in [0.1, 0.15) is 22.7 Å². The summed E-state index contributed by atoms with van der Waals surface area (Å²) < 4.78 is 12.4. The monoisotopic (exact) mass is 476 g/mol. The van der Waals surface area contributed by atoms with E-state index in [4.69, 9.17) is 8.83 Å². The predicted molar refractivity (Wildman–Crippen MR) is 154 cm³/mol. The van der Waals surface area contributed by atoms with E-state index in [0.717, 1.165) is 35.5 Å². The molecule has 2 heteroatoms.